The Morgan fingerprint density at radius 1 is 0.509 bits per heavy atom. The Morgan fingerprint density at radius 2 is 0.930 bits per heavy atom. The van der Waals surface area contributed by atoms with Crippen molar-refractivity contribution in [3.05, 3.63) is 48.6 Å². The molecule has 0 fully saturated rings. The molecule has 0 radical (unpaired) electrons. The maximum Gasteiger partial charge on any atom is 0.472 e. The third-order valence-corrected chi connectivity index (χ3v) is 10.1. The summed E-state index contributed by atoms with van der Waals surface area (Å²) >= 11 is 0. The number of esters is 2. The van der Waals surface area contributed by atoms with Crippen LogP contribution in [0.15, 0.2) is 48.6 Å². The molecule has 57 heavy (non-hydrogen) atoms. The summed E-state index contributed by atoms with van der Waals surface area (Å²) in [6.45, 7) is 1.67. The van der Waals surface area contributed by atoms with Gasteiger partial charge in [0.2, 0.25) is 0 Å². The lowest BCUT2D eigenvalue weighted by molar-refractivity contribution is -0.161. The number of aliphatic hydroxyl groups is 1. The van der Waals surface area contributed by atoms with Crippen molar-refractivity contribution in [2.24, 2.45) is 0 Å². The Balaban J connectivity index is 4.64. The van der Waals surface area contributed by atoms with Gasteiger partial charge in [-0.1, -0.05) is 133 Å². The summed E-state index contributed by atoms with van der Waals surface area (Å²) in [7, 11) is -9.69. The van der Waals surface area contributed by atoms with Gasteiger partial charge in [0, 0.05) is 12.8 Å². The van der Waals surface area contributed by atoms with E-state index in [0.29, 0.717) is 19.3 Å². The van der Waals surface area contributed by atoms with Gasteiger partial charge in [0.1, 0.15) is 12.7 Å². The van der Waals surface area contributed by atoms with Crippen LogP contribution in [0.1, 0.15) is 168 Å². The van der Waals surface area contributed by atoms with Gasteiger partial charge in [0.15, 0.2) is 6.10 Å². The van der Waals surface area contributed by atoms with Gasteiger partial charge in [-0.15, -0.1) is 0 Å². The van der Waals surface area contributed by atoms with Crippen molar-refractivity contribution in [1.82, 2.24) is 0 Å². The molecule has 0 aromatic heterocycles. The van der Waals surface area contributed by atoms with Crippen LogP contribution in [0.5, 0.6) is 0 Å². The molecule has 0 spiro atoms. The zero-order valence-corrected chi connectivity index (χ0v) is 36.7. The molecule has 15 heteroatoms. The number of hydrogen-bond acceptors (Lipinski definition) is 10. The highest BCUT2D eigenvalue weighted by Gasteiger charge is 2.28. The van der Waals surface area contributed by atoms with E-state index in [4.69, 9.17) is 23.8 Å². The van der Waals surface area contributed by atoms with Crippen LogP contribution in [0.3, 0.4) is 0 Å². The van der Waals surface area contributed by atoms with Crippen LogP contribution in [0, 0.1) is 0 Å². The predicted molar refractivity (Wildman–Crippen MR) is 225 cm³/mol. The van der Waals surface area contributed by atoms with Gasteiger partial charge in [-0.2, -0.15) is 0 Å². The lowest BCUT2D eigenvalue weighted by Crippen LogP contribution is -2.29. The van der Waals surface area contributed by atoms with Crippen LogP contribution in [-0.4, -0.2) is 70.4 Å². The molecule has 0 saturated carbocycles. The first kappa shape index (κ1) is 55.1. The molecule has 0 heterocycles. The number of ether oxygens (including phenoxy) is 2. The molecule has 0 saturated heterocycles. The number of aliphatic hydroxyl groups excluding tert-OH is 1. The quantitative estimate of drug-likeness (QED) is 0.0197. The van der Waals surface area contributed by atoms with E-state index in [2.05, 4.69) is 59.4 Å². The summed E-state index contributed by atoms with van der Waals surface area (Å²) in [5.74, 6) is -1.10. The number of carbonyl (C=O) groups excluding carboxylic acids is 2. The highest BCUT2D eigenvalue weighted by atomic mass is 31.2. The molecule has 0 aliphatic rings. The Hall–Kier alpha value is -1.92. The first-order valence-corrected chi connectivity index (χ1v) is 24.4. The van der Waals surface area contributed by atoms with Crippen molar-refractivity contribution in [1.29, 1.82) is 0 Å². The third-order valence-electron chi connectivity index (χ3n) is 8.68. The molecular formula is C42H76O13P2. The van der Waals surface area contributed by atoms with E-state index in [9.17, 15) is 28.7 Å². The Bertz CT molecular complexity index is 1200. The predicted octanol–water partition coefficient (Wildman–Crippen LogP) is 10.7. The fourth-order valence-corrected chi connectivity index (χ4v) is 6.57. The molecule has 4 N–H and O–H groups in total. The Morgan fingerprint density at radius 3 is 1.49 bits per heavy atom. The minimum atomic E-state index is -4.87. The third kappa shape index (κ3) is 42.0. The number of hydrogen-bond donors (Lipinski definition) is 4. The van der Waals surface area contributed by atoms with Gasteiger partial charge in [-0.05, 0) is 70.6 Å². The first-order valence-electron chi connectivity index (χ1n) is 21.3. The zero-order valence-electron chi connectivity index (χ0n) is 34.9. The number of phosphoric acid groups is 2. The van der Waals surface area contributed by atoms with E-state index < -0.39 is 66.2 Å². The minimum absolute atomic E-state index is 0.0574. The summed E-state index contributed by atoms with van der Waals surface area (Å²) in [6.07, 6.45) is 38.3. The average molecular weight is 851 g/mol. The normalized spacial score (nSPS) is 14.6. The molecule has 13 nitrogen and oxygen atoms in total. The van der Waals surface area contributed by atoms with Gasteiger partial charge in [0.25, 0.3) is 0 Å². The van der Waals surface area contributed by atoms with Crippen molar-refractivity contribution in [2.45, 2.75) is 180 Å². The number of carbonyl (C=O) groups is 2. The number of allylic oxidation sites excluding steroid dienone is 8. The van der Waals surface area contributed by atoms with Gasteiger partial charge >= 0.3 is 27.6 Å². The van der Waals surface area contributed by atoms with E-state index in [0.717, 1.165) is 57.8 Å². The standard InChI is InChI=1S/C42H76O13P2/c1-3-5-7-9-11-13-15-17-18-19-20-22-24-26-28-30-32-34-42(45)55-40(38-54-57(49,50)53-36-39(43)35-52-56(46,47)48)37-51-41(44)33-31-29-27-25-23-21-16-14-12-10-8-6-4-2/h14,16-18,20,22,26,28,39-40,43H,3-13,15,19,21,23-25,27,29-38H2,1-2H3,(H,49,50)(H2,46,47,48). The molecule has 0 aliphatic heterocycles. The molecule has 0 aromatic carbocycles. The summed E-state index contributed by atoms with van der Waals surface area (Å²) in [4.78, 5) is 52.6. The second-order valence-corrected chi connectivity index (χ2v) is 16.9. The topological polar surface area (TPSA) is 195 Å². The molecular weight excluding hydrogens is 774 g/mol. The SMILES string of the molecule is CCCCCCC=CCCCCCCCC(=O)OCC(COP(=O)(O)OCC(O)COP(=O)(O)O)OC(=O)CCCC=CCC=CCC=CCCCCCCCC. The monoisotopic (exact) mass is 850 g/mol. The summed E-state index contributed by atoms with van der Waals surface area (Å²) in [5, 5.41) is 9.73. The molecule has 3 unspecified atom stereocenters. The second kappa shape index (κ2) is 38.3. The fourth-order valence-electron chi connectivity index (χ4n) is 5.42. The molecule has 0 amide bonds. The van der Waals surface area contributed by atoms with Crippen LogP contribution in [0.2, 0.25) is 0 Å². The van der Waals surface area contributed by atoms with E-state index in [-0.39, 0.29) is 12.8 Å². The van der Waals surface area contributed by atoms with Crippen LogP contribution in [-0.2, 0) is 41.8 Å². The molecule has 0 aromatic rings. The van der Waals surface area contributed by atoms with E-state index in [1.165, 1.54) is 64.2 Å². The summed E-state index contributed by atoms with van der Waals surface area (Å²) in [6, 6.07) is 0. The maximum absolute atomic E-state index is 12.6. The average Bonchev–Trinajstić information content (AvgIpc) is 3.17. The summed E-state index contributed by atoms with van der Waals surface area (Å²) < 4.78 is 47.6. The van der Waals surface area contributed by atoms with Gasteiger partial charge in [0.05, 0.1) is 19.8 Å². The first-order chi connectivity index (χ1) is 27.4. The molecule has 0 bridgehead atoms. The highest BCUT2D eigenvalue weighted by Crippen LogP contribution is 2.43. The van der Waals surface area contributed by atoms with Crippen LogP contribution >= 0.6 is 15.6 Å². The largest absolute Gasteiger partial charge is 0.472 e. The highest BCUT2D eigenvalue weighted by molar-refractivity contribution is 7.47. The minimum Gasteiger partial charge on any atom is -0.462 e. The van der Waals surface area contributed by atoms with E-state index in [1.54, 1.807) is 0 Å². The van der Waals surface area contributed by atoms with Gasteiger partial charge in [-0.25, -0.2) is 9.13 Å². The van der Waals surface area contributed by atoms with Crippen molar-refractivity contribution in [3.8, 4) is 0 Å². The van der Waals surface area contributed by atoms with Gasteiger partial charge in [-0.3, -0.25) is 23.2 Å². The van der Waals surface area contributed by atoms with Gasteiger partial charge < -0.3 is 29.3 Å². The second-order valence-electron chi connectivity index (χ2n) is 14.3. The van der Waals surface area contributed by atoms with Crippen molar-refractivity contribution in [2.75, 3.05) is 26.4 Å². The van der Waals surface area contributed by atoms with Crippen LogP contribution < -0.4 is 0 Å². The van der Waals surface area contributed by atoms with Crippen molar-refractivity contribution in [3.63, 3.8) is 0 Å². The van der Waals surface area contributed by atoms with E-state index in [1.807, 2.05) is 12.2 Å². The van der Waals surface area contributed by atoms with Crippen molar-refractivity contribution < 1.29 is 61.6 Å². The zero-order chi connectivity index (χ0) is 42.3. The number of phosphoric ester groups is 2. The van der Waals surface area contributed by atoms with Crippen LogP contribution in [0.25, 0.3) is 0 Å². The molecule has 0 rings (SSSR count). The Labute approximate surface area is 343 Å². The number of unbranched alkanes of at least 4 members (excludes halogenated alkanes) is 16. The smallest absolute Gasteiger partial charge is 0.462 e. The molecule has 3 atom stereocenters. The van der Waals surface area contributed by atoms with Crippen molar-refractivity contribution >= 4 is 27.6 Å². The maximum atomic E-state index is 12.6. The number of rotatable bonds is 40. The molecule has 0 aliphatic carbocycles. The summed E-state index contributed by atoms with van der Waals surface area (Å²) in [5.41, 5.74) is 0. The van der Waals surface area contributed by atoms with E-state index >= 15 is 0 Å². The van der Waals surface area contributed by atoms with Crippen LogP contribution in [0.4, 0.5) is 0 Å². The lowest BCUT2D eigenvalue weighted by Gasteiger charge is -2.20. The lowest BCUT2D eigenvalue weighted by atomic mass is 10.1. The fraction of sp³-hybridized carbons (Fsp3) is 0.762. The Kier molecular flexibility index (Phi) is 37.0. The molecule has 332 valence electrons.